The van der Waals surface area contributed by atoms with Gasteiger partial charge in [-0.3, -0.25) is 0 Å². The average Bonchev–Trinajstić information content (AvgIpc) is 2.44. The molecule has 0 aliphatic rings. The Bertz CT molecular complexity index is 412. The van der Waals surface area contributed by atoms with Gasteiger partial charge in [-0.05, 0) is 30.4 Å². The third-order valence-electron chi connectivity index (χ3n) is 3.26. The quantitative estimate of drug-likeness (QED) is 0.809. The van der Waals surface area contributed by atoms with E-state index in [1.54, 1.807) is 20.3 Å². The molecule has 0 aliphatic heterocycles. The smallest absolute Gasteiger partial charge is 0.162 e. The Balaban J connectivity index is 3.09. The van der Waals surface area contributed by atoms with E-state index in [0.29, 0.717) is 22.9 Å². The molecule has 0 spiro atoms. The van der Waals surface area contributed by atoms with Crippen molar-refractivity contribution in [3.05, 3.63) is 22.7 Å². The van der Waals surface area contributed by atoms with Gasteiger partial charge in [-0.15, -0.1) is 0 Å². The Morgan fingerprint density at radius 2 is 1.84 bits per heavy atom. The zero-order valence-electron chi connectivity index (χ0n) is 11.6. The first-order valence-electron chi connectivity index (χ1n) is 6.36. The number of halogens is 1. The predicted octanol–water partition coefficient (Wildman–Crippen LogP) is 2.56. The molecule has 0 aliphatic carbocycles. The van der Waals surface area contributed by atoms with Gasteiger partial charge in [0.15, 0.2) is 11.5 Å². The molecule has 0 fully saturated rings. The number of rotatable bonds is 7. The van der Waals surface area contributed by atoms with Crippen molar-refractivity contribution in [1.29, 1.82) is 0 Å². The van der Waals surface area contributed by atoms with E-state index < -0.39 is 6.10 Å². The van der Waals surface area contributed by atoms with Gasteiger partial charge in [0, 0.05) is 17.6 Å². The number of ether oxygens (including phenoxy) is 2. The second kappa shape index (κ2) is 7.58. The molecule has 3 N–H and O–H groups in total. The number of hydrogen-bond donors (Lipinski definition) is 2. The van der Waals surface area contributed by atoms with Crippen molar-refractivity contribution in [3.8, 4) is 11.5 Å². The lowest BCUT2D eigenvalue weighted by molar-refractivity contribution is 0.162. The Kier molecular flexibility index (Phi) is 6.42. The summed E-state index contributed by atoms with van der Waals surface area (Å²) in [5.41, 5.74) is 6.42. The van der Waals surface area contributed by atoms with Crippen LogP contribution in [0.25, 0.3) is 0 Å². The van der Waals surface area contributed by atoms with Crippen LogP contribution in [0.4, 0.5) is 0 Å². The number of aliphatic hydroxyl groups excluding tert-OH is 1. The Labute approximate surface area is 119 Å². The highest BCUT2D eigenvalue weighted by Gasteiger charge is 2.19. The fourth-order valence-electron chi connectivity index (χ4n) is 2.12. The van der Waals surface area contributed by atoms with Crippen molar-refractivity contribution in [2.45, 2.75) is 31.8 Å². The van der Waals surface area contributed by atoms with Crippen molar-refractivity contribution in [1.82, 2.24) is 0 Å². The predicted molar refractivity (Wildman–Crippen MR) is 77.3 cm³/mol. The molecule has 0 amide bonds. The van der Waals surface area contributed by atoms with Crippen LogP contribution in [-0.4, -0.2) is 32.0 Å². The Morgan fingerprint density at radius 3 is 2.32 bits per heavy atom. The van der Waals surface area contributed by atoms with E-state index >= 15 is 0 Å². The number of aliphatic hydroxyl groups is 1. The van der Waals surface area contributed by atoms with Crippen LogP contribution in [0.5, 0.6) is 11.5 Å². The van der Waals surface area contributed by atoms with Crippen LogP contribution < -0.4 is 15.2 Å². The normalized spacial score (nSPS) is 14.0. The summed E-state index contributed by atoms with van der Waals surface area (Å²) < 4.78 is 10.5. The maximum atomic E-state index is 9.71. The zero-order chi connectivity index (χ0) is 14.4. The zero-order valence-corrected chi connectivity index (χ0v) is 12.4. The third kappa shape index (κ3) is 4.00. The minimum atomic E-state index is -0.519. The van der Waals surface area contributed by atoms with Crippen molar-refractivity contribution >= 4 is 11.6 Å². The fourth-order valence-corrected chi connectivity index (χ4v) is 2.43. The SMILES string of the molecule is CCC(CC(O)CN)c1cc(OC)c(OC)cc1Cl. The highest BCUT2D eigenvalue weighted by molar-refractivity contribution is 6.31. The van der Waals surface area contributed by atoms with Crippen LogP contribution in [0.15, 0.2) is 12.1 Å². The molecule has 2 atom stereocenters. The van der Waals surface area contributed by atoms with Crippen LogP contribution in [0.1, 0.15) is 31.2 Å². The van der Waals surface area contributed by atoms with Crippen molar-refractivity contribution < 1.29 is 14.6 Å². The number of hydrogen-bond acceptors (Lipinski definition) is 4. The lowest BCUT2D eigenvalue weighted by atomic mass is 9.90. The molecular weight excluding hydrogens is 266 g/mol. The monoisotopic (exact) mass is 287 g/mol. The van der Waals surface area contributed by atoms with Gasteiger partial charge in [-0.25, -0.2) is 0 Å². The van der Waals surface area contributed by atoms with Crippen LogP contribution in [0.2, 0.25) is 5.02 Å². The van der Waals surface area contributed by atoms with Crippen LogP contribution in [-0.2, 0) is 0 Å². The molecule has 1 aromatic carbocycles. The standard InChI is InChI=1S/C14H22ClNO3/c1-4-9(5-10(17)8-16)11-6-13(18-2)14(19-3)7-12(11)15/h6-7,9-10,17H,4-5,8,16H2,1-3H3. The van der Waals surface area contributed by atoms with E-state index in [9.17, 15) is 5.11 Å². The van der Waals surface area contributed by atoms with Gasteiger partial charge < -0.3 is 20.3 Å². The molecule has 0 radical (unpaired) electrons. The molecule has 1 aromatic rings. The van der Waals surface area contributed by atoms with E-state index in [-0.39, 0.29) is 12.5 Å². The second-order valence-corrected chi connectivity index (χ2v) is 4.87. The number of nitrogens with two attached hydrogens (primary N) is 1. The molecule has 108 valence electrons. The second-order valence-electron chi connectivity index (χ2n) is 4.46. The highest BCUT2D eigenvalue weighted by atomic mass is 35.5. The summed E-state index contributed by atoms with van der Waals surface area (Å²) in [6, 6.07) is 3.62. The first-order chi connectivity index (χ1) is 9.07. The Morgan fingerprint density at radius 1 is 1.26 bits per heavy atom. The lowest BCUT2D eigenvalue weighted by Crippen LogP contribution is -2.22. The summed E-state index contributed by atoms with van der Waals surface area (Å²) in [5, 5.41) is 10.3. The third-order valence-corrected chi connectivity index (χ3v) is 3.59. The summed E-state index contributed by atoms with van der Waals surface area (Å²) in [6.07, 6.45) is 0.934. The molecule has 4 nitrogen and oxygen atoms in total. The molecule has 5 heteroatoms. The summed E-state index contributed by atoms with van der Waals surface area (Å²) >= 11 is 6.29. The molecule has 2 unspecified atom stereocenters. The molecule has 0 saturated heterocycles. The van der Waals surface area contributed by atoms with E-state index in [1.807, 2.05) is 6.07 Å². The number of methoxy groups -OCH3 is 2. The minimum Gasteiger partial charge on any atom is -0.493 e. The lowest BCUT2D eigenvalue weighted by Gasteiger charge is -2.21. The van der Waals surface area contributed by atoms with Crippen molar-refractivity contribution in [2.24, 2.45) is 5.73 Å². The van der Waals surface area contributed by atoms with E-state index in [4.69, 9.17) is 26.8 Å². The highest BCUT2D eigenvalue weighted by Crippen LogP contribution is 2.38. The summed E-state index contributed by atoms with van der Waals surface area (Å²) in [6.45, 7) is 2.31. The first kappa shape index (κ1) is 16.1. The van der Waals surface area contributed by atoms with Gasteiger partial charge in [-0.1, -0.05) is 18.5 Å². The van der Waals surface area contributed by atoms with Crippen LogP contribution in [0, 0.1) is 0 Å². The van der Waals surface area contributed by atoms with Gasteiger partial charge in [0.2, 0.25) is 0 Å². The number of benzene rings is 1. The Hall–Kier alpha value is -0.970. The largest absolute Gasteiger partial charge is 0.493 e. The molecule has 19 heavy (non-hydrogen) atoms. The molecule has 0 bridgehead atoms. The minimum absolute atomic E-state index is 0.144. The van der Waals surface area contributed by atoms with Crippen LogP contribution in [0.3, 0.4) is 0 Å². The van der Waals surface area contributed by atoms with Gasteiger partial charge in [-0.2, -0.15) is 0 Å². The topological polar surface area (TPSA) is 64.7 Å². The molecular formula is C14H22ClNO3. The molecule has 1 rings (SSSR count). The van der Waals surface area contributed by atoms with Crippen LogP contribution >= 0.6 is 11.6 Å². The molecule has 0 saturated carbocycles. The molecule has 0 aromatic heterocycles. The van der Waals surface area contributed by atoms with Gasteiger partial charge >= 0.3 is 0 Å². The van der Waals surface area contributed by atoms with Crippen molar-refractivity contribution in [2.75, 3.05) is 20.8 Å². The summed E-state index contributed by atoms with van der Waals surface area (Å²) in [7, 11) is 3.16. The van der Waals surface area contributed by atoms with Crippen molar-refractivity contribution in [3.63, 3.8) is 0 Å². The first-order valence-corrected chi connectivity index (χ1v) is 6.74. The average molecular weight is 288 g/mol. The summed E-state index contributed by atoms with van der Waals surface area (Å²) in [5.74, 6) is 1.39. The maximum absolute atomic E-state index is 9.71. The van der Waals surface area contributed by atoms with Gasteiger partial charge in [0.05, 0.1) is 20.3 Å². The van der Waals surface area contributed by atoms with Gasteiger partial charge in [0.1, 0.15) is 0 Å². The summed E-state index contributed by atoms with van der Waals surface area (Å²) in [4.78, 5) is 0. The van der Waals surface area contributed by atoms with Gasteiger partial charge in [0.25, 0.3) is 0 Å². The van der Waals surface area contributed by atoms with E-state index in [2.05, 4.69) is 6.92 Å². The maximum Gasteiger partial charge on any atom is 0.162 e. The fraction of sp³-hybridized carbons (Fsp3) is 0.571. The van der Waals surface area contributed by atoms with E-state index in [0.717, 1.165) is 12.0 Å². The molecule has 0 heterocycles. The van der Waals surface area contributed by atoms with E-state index in [1.165, 1.54) is 0 Å².